The minimum Gasteiger partial charge on any atom is -0.329 e. The van der Waals surface area contributed by atoms with Crippen LogP contribution in [0.1, 0.15) is 55.8 Å². The summed E-state index contributed by atoms with van der Waals surface area (Å²) in [6.45, 7) is 6.16. The van der Waals surface area contributed by atoms with E-state index in [0.29, 0.717) is 48.9 Å². The molecule has 1 amide bonds. The van der Waals surface area contributed by atoms with Gasteiger partial charge in [-0.1, -0.05) is 164 Å². The summed E-state index contributed by atoms with van der Waals surface area (Å²) in [6, 6.07) is 56.0. The molecule has 2 atom stereocenters. The molecule has 1 N–H and O–H groups in total. The molecule has 0 spiro atoms. The highest BCUT2D eigenvalue weighted by Gasteiger charge is 2.35. The normalized spacial score (nSPS) is 17.2. The standard InChI is InChI=1S/C31H27F3N2O.C24H23F3N2/c32-31(33,34)28-14-8-7-13-27(28)24-17-15-23(16-18-24)21-35-19-20-36(30(37)26-11-5-2-6-12-26)29(22-35)25-9-3-1-4-10-25;25-24(26,27)22-9-5-4-8-21(22)19-12-10-18(11-13-19)16-29-15-14-28-23(17-29)20-6-2-1-3-7-20/h1-18,29H,19-22H2;1-13,23,28H,14-17H2. The molecule has 2 aliphatic rings. The van der Waals surface area contributed by atoms with Gasteiger partial charge in [-0.05, 0) is 68.8 Å². The van der Waals surface area contributed by atoms with Crippen molar-refractivity contribution >= 4 is 5.91 Å². The summed E-state index contributed by atoms with van der Waals surface area (Å²) >= 11 is 0. The minimum absolute atomic E-state index is 0.0155. The van der Waals surface area contributed by atoms with Crippen LogP contribution in [-0.2, 0) is 25.4 Å². The number of hydrogen-bond donors (Lipinski definition) is 1. The Kier molecular flexibility index (Phi) is 14.5. The van der Waals surface area contributed by atoms with E-state index in [-0.39, 0.29) is 23.1 Å². The second kappa shape index (κ2) is 20.8. The molecular weight excluding hydrogens is 847 g/mol. The van der Waals surface area contributed by atoms with Crippen molar-refractivity contribution in [3.05, 3.63) is 227 Å². The maximum Gasteiger partial charge on any atom is 0.417 e. The molecule has 0 bridgehead atoms. The molecule has 0 saturated carbocycles. The number of benzene rings is 7. The van der Waals surface area contributed by atoms with Crippen molar-refractivity contribution in [2.75, 3.05) is 39.3 Å². The largest absolute Gasteiger partial charge is 0.417 e. The lowest BCUT2D eigenvalue weighted by Crippen LogP contribution is -2.50. The van der Waals surface area contributed by atoms with E-state index in [1.54, 1.807) is 36.4 Å². The van der Waals surface area contributed by atoms with Gasteiger partial charge in [-0.3, -0.25) is 14.6 Å². The molecule has 2 heterocycles. The van der Waals surface area contributed by atoms with E-state index in [2.05, 4.69) is 27.2 Å². The number of rotatable bonds is 9. The van der Waals surface area contributed by atoms with Crippen molar-refractivity contribution in [2.45, 2.75) is 37.5 Å². The highest BCUT2D eigenvalue weighted by molar-refractivity contribution is 5.94. The zero-order valence-electron chi connectivity index (χ0n) is 36.2. The monoisotopic (exact) mass is 896 g/mol. The van der Waals surface area contributed by atoms with Gasteiger partial charge in [0, 0.05) is 64.0 Å². The summed E-state index contributed by atoms with van der Waals surface area (Å²) in [5.41, 5.74) is 5.44. The summed E-state index contributed by atoms with van der Waals surface area (Å²) in [5, 5.41) is 3.55. The van der Waals surface area contributed by atoms with Gasteiger partial charge in [0.1, 0.15) is 0 Å². The van der Waals surface area contributed by atoms with Crippen molar-refractivity contribution in [1.29, 1.82) is 0 Å². The predicted molar refractivity (Wildman–Crippen MR) is 248 cm³/mol. The number of carbonyl (C=O) groups excluding carboxylic acids is 1. The highest BCUT2D eigenvalue weighted by atomic mass is 19.4. The summed E-state index contributed by atoms with van der Waals surface area (Å²) < 4.78 is 80.2. The van der Waals surface area contributed by atoms with Gasteiger partial charge in [-0.25, -0.2) is 0 Å². The second-order valence-electron chi connectivity index (χ2n) is 16.7. The lowest BCUT2D eigenvalue weighted by Gasteiger charge is -2.42. The Morgan fingerprint density at radius 2 is 0.924 bits per heavy atom. The highest BCUT2D eigenvalue weighted by Crippen LogP contribution is 2.38. The van der Waals surface area contributed by atoms with Crippen molar-refractivity contribution in [2.24, 2.45) is 0 Å². The zero-order chi connectivity index (χ0) is 46.1. The molecule has 0 radical (unpaired) electrons. The molecule has 0 aromatic heterocycles. The van der Waals surface area contributed by atoms with Crippen LogP contribution in [0.15, 0.2) is 188 Å². The minimum atomic E-state index is -4.40. The van der Waals surface area contributed by atoms with Crippen molar-refractivity contribution < 1.29 is 31.1 Å². The molecule has 2 unspecified atom stereocenters. The molecule has 7 aromatic carbocycles. The van der Waals surface area contributed by atoms with E-state index in [4.69, 9.17) is 0 Å². The zero-order valence-corrected chi connectivity index (χ0v) is 36.2. The van der Waals surface area contributed by atoms with Crippen LogP contribution in [0.4, 0.5) is 26.3 Å². The molecule has 2 saturated heterocycles. The summed E-state index contributed by atoms with van der Waals surface area (Å²) in [4.78, 5) is 20.0. The first-order valence-corrected chi connectivity index (χ1v) is 22.1. The molecule has 11 heteroatoms. The Balaban J connectivity index is 0.000000185. The van der Waals surface area contributed by atoms with E-state index in [9.17, 15) is 31.1 Å². The van der Waals surface area contributed by atoms with Crippen LogP contribution in [0.25, 0.3) is 22.3 Å². The van der Waals surface area contributed by atoms with Gasteiger partial charge in [0.2, 0.25) is 0 Å². The van der Waals surface area contributed by atoms with E-state index >= 15 is 0 Å². The molecule has 2 aliphatic heterocycles. The number of halogens is 6. The third-order valence-corrected chi connectivity index (χ3v) is 12.2. The van der Waals surface area contributed by atoms with Crippen molar-refractivity contribution in [3.8, 4) is 22.3 Å². The van der Waals surface area contributed by atoms with Crippen LogP contribution in [0.5, 0.6) is 0 Å². The van der Waals surface area contributed by atoms with Crippen LogP contribution >= 0.6 is 0 Å². The SMILES string of the molecule is FC(F)(F)c1ccccc1-c1ccc(CN2CCNC(c3ccccc3)C2)cc1.O=C(c1ccccc1)N1CCN(Cc2ccc(-c3ccccc3C(F)(F)F)cc2)CC1c1ccccc1. The van der Waals surface area contributed by atoms with Crippen LogP contribution in [0.3, 0.4) is 0 Å². The van der Waals surface area contributed by atoms with Gasteiger partial charge < -0.3 is 10.2 Å². The summed E-state index contributed by atoms with van der Waals surface area (Å²) in [6.07, 6.45) is -8.76. The molecule has 0 aliphatic carbocycles. The van der Waals surface area contributed by atoms with Gasteiger partial charge in [-0.15, -0.1) is 0 Å². The Labute approximate surface area is 381 Å². The smallest absolute Gasteiger partial charge is 0.329 e. The lowest BCUT2D eigenvalue weighted by molar-refractivity contribution is -0.137. The number of hydrogen-bond acceptors (Lipinski definition) is 4. The van der Waals surface area contributed by atoms with Gasteiger partial charge >= 0.3 is 12.4 Å². The van der Waals surface area contributed by atoms with E-state index in [1.807, 2.05) is 108 Å². The first kappa shape index (κ1) is 46.0. The average molecular weight is 897 g/mol. The lowest BCUT2D eigenvalue weighted by atomic mass is 9.97. The Bertz CT molecular complexity index is 2640. The van der Waals surface area contributed by atoms with Gasteiger partial charge in [0.05, 0.1) is 17.2 Å². The number of alkyl halides is 6. The van der Waals surface area contributed by atoms with Crippen LogP contribution in [-0.4, -0.2) is 59.9 Å². The Morgan fingerprint density at radius 1 is 0.485 bits per heavy atom. The molecule has 7 aromatic rings. The molecule has 5 nitrogen and oxygen atoms in total. The fourth-order valence-electron chi connectivity index (χ4n) is 8.86. The number of nitrogens with zero attached hydrogens (tertiary/aromatic N) is 3. The molecular formula is C55H50F6N4O. The third kappa shape index (κ3) is 11.5. The Hall–Kier alpha value is -6.53. The predicted octanol–water partition coefficient (Wildman–Crippen LogP) is 12.6. The van der Waals surface area contributed by atoms with Crippen LogP contribution in [0, 0.1) is 0 Å². The van der Waals surface area contributed by atoms with Gasteiger partial charge in [-0.2, -0.15) is 26.3 Å². The fourth-order valence-corrected chi connectivity index (χ4v) is 8.86. The number of amides is 1. The molecule has 9 rings (SSSR count). The third-order valence-electron chi connectivity index (χ3n) is 12.2. The van der Waals surface area contributed by atoms with Gasteiger partial charge in [0.15, 0.2) is 0 Å². The number of piperazine rings is 2. The number of carbonyl (C=O) groups is 1. The van der Waals surface area contributed by atoms with Crippen molar-refractivity contribution in [1.82, 2.24) is 20.0 Å². The fraction of sp³-hybridized carbons (Fsp3) is 0.218. The topological polar surface area (TPSA) is 38.8 Å². The maximum atomic E-state index is 13.5. The quantitative estimate of drug-likeness (QED) is 0.147. The molecule has 66 heavy (non-hydrogen) atoms. The van der Waals surface area contributed by atoms with Crippen LogP contribution in [0.2, 0.25) is 0 Å². The first-order valence-electron chi connectivity index (χ1n) is 22.1. The van der Waals surface area contributed by atoms with E-state index in [0.717, 1.165) is 55.0 Å². The summed E-state index contributed by atoms with van der Waals surface area (Å²) in [5.74, 6) is 0.0155. The van der Waals surface area contributed by atoms with Crippen LogP contribution < -0.4 is 5.32 Å². The van der Waals surface area contributed by atoms with E-state index in [1.165, 1.54) is 29.8 Å². The number of nitrogens with one attached hydrogen (secondary N) is 1. The summed E-state index contributed by atoms with van der Waals surface area (Å²) in [7, 11) is 0. The van der Waals surface area contributed by atoms with E-state index < -0.39 is 23.5 Å². The average Bonchev–Trinajstić information content (AvgIpc) is 3.35. The van der Waals surface area contributed by atoms with Gasteiger partial charge in [0.25, 0.3) is 5.91 Å². The maximum absolute atomic E-state index is 13.5. The Morgan fingerprint density at radius 3 is 1.42 bits per heavy atom. The molecule has 338 valence electrons. The second-order valence-corrected chi connectivity index (χ2v) is 16.7. The van der Waals surface area contributed by atoms with Crippen molar-refractivity contribution in [3.63, 3.8) is 0 Å². The molecule has 2 fully saturated rings. The first-order chi connectivity index (χ1) is 31.9.